The number of hydrogen-bond donors (Lipinski definition) is 1. The lowest BCUT2D eigenvalue weighted by molar-refractivity contribution is 0.733. The van der Waals surface area contributed by atoms with E-state index in [1.54, 1.807) is 11.8 Å². The molecule has 2 aromatic rings. The van der Waals surface area contributed by atoms with Crippen molar-refractivity contribution >= 4 is 23.4 Å². The summed E-state index contributed by atoms with van der Waals surface area (Å²) in [5.41, 5.74) is 8.16. The molecule has 4 heteroatoms. The molecule has 1 heterocycles. The van der Waals surface area contributed by atoms with Gasteiger partial charge in [0, 0.05) is 22.2 Å². The van der Waals surface area contributed by atoms with Gasteiger partial charge in [-0.25, -0.2) is 4.98 Å². The molecule has 1 aromatic heterocycles. The Bertz CT molecular complexity index is 570. The maximum absolute atomic E-state index is 5.99. The summed E-state index contributed by atoms with van der Waals surface area (Å²) >= 11 is 7.61. The molecule has 0 aliphatic rings. The Hall–Kier alpha value is -1.03. The lowest BCUT2D eigenvalue weighted by atomic mass is 10.1. The molecule has 2 nitrogen and oxygen atoms in total. The lowest BCUT2D eigenvalue weighted by Crippen LogP contribution is -2.17. The largest absolute Gasteiger partial charge is 0.328 e. The summed E-state index contributed by atoms with van der Waals surface area (Å²) in [4.78, 5) is 5.62. The average molecular weight is 293 g/mol. The fourth-order valence-corrected chi connectivity index (χ4v) is 2.99. The summed E-state index contributed by atoms with van der Waals surface area (Å²) in [7, 11) is 0. The molecule has 0 bridgehead atoms. The van der Waals surface area contributed by atoms with Crippen molar-refractivity contribution in [3.8, 4) is 0 Å². The van der Waals surface area contributed by atoms with Crippen molar-refractivity contribution in [3.63, 3.8) is 0 Å². The van der Waals surface area contributed by atoms with Gasteiger partial charge in [-0.15, -0.1) is 0 Å². The first-order valence-corrected chi connectivity index (χ1v) is 7.38. The molecule has 0 amide bonds. The molecule has 1 atom stereocenters. The molecule has 2 rings (SSSR count). The van der Waals surface area contributed by atoms with E-state index in [1.807, 2.05) is 37.4 Å². The number of nitrogens with two attached hydrogens (primary N) is 1. The zero-order chi connectivity index (χ0) is 13.8. The van der Waals surface area contributed by atoms with Crippen LogP contribution in [-0.4, -0.2) is 11.0 Å². The molecule has 0 saturated heterocycles. The van der Waals surface area contributed by atoms with Crippen molar-refractivity contribution in [2.45, 2.75) is 36.2 Å². The fraction of sp³-hybridized carbons (Fsp3) is 0.267. The first kappa shape index (κ1) is 14.4. The van der Waals surface area contributed by atoms with Crippen LogP contribution in [-0.2, 0) is 6.42 Å². The van der Waals surface area contributed by atoms with Crippen molar-refractivity contribution in [2.75, 3.05) is 0 Å². The maximum atomic E-state index is 5.99. The quantitative estimate of drug-likeness (QED) is 0.923. The molecule has 0 aliphatic carbocycles. The van der Waals surface area contributed by atoms with Gasteiger partial charge >= 0.3 is 0 Å². The standard InChI is InChI=1S/C15H17ClN2S/c1-10-6-12(7-11(2)17)9-18-15(10)19-14-5-3-4-13(16)8-14/h3-6,8-9,11H,7,17H2,1-2H3. The zero-order valence-corrected chi connectivity index (χ0v) is 12.6. The number of halogens is 1. The van der Waals surface area contributed by atoms with E-state index < -0.39 is 0 Å². The van der Waals surface area contributed by atoms with Gasteiger partial charge in [0.2, 0.25) is 0 Å². The van der Waals surface area contributed by atoms with Crippen LogP contribution in [0.5, 0.6) is 0 Å². The highest BCUT2D eigenvalue weighted by Gasteiger charge is 2.06. The number of aryl methyl sites for hydroxylation is 1. The first-order chi connectivity index (χ1) is 9.04. The van der Waals surface area contributed by atoms with Gasteiger partial charge in [0.1, 0.15) is 5.03 Å². The van der Waals surface area contributed by atoms with Gasteiger partial charge in [-0.05, 0) is 49.6 Å². The van der Waals surface area contributed by atoms with E-state index in [0.29, 0.717) is 0 Å². The summed E-state index contributed by atoms with van der Waals surface area (Å²) < 4.78 is 0. The highest BCUT2D eigenvalue weighted by Crippen LogP contribution is 2.30. The normalized spacial score (nSPS) is 12.4. The summed E-state index contributed by atoms with van der Waals surface area (Å²) in [6.45, 7) is 4.08. The van der Waals surface area contributed by atoms with Gasteiger partial charge in [-0.1, -0.05) is 35.5 Å². The topological polar surface area (TPSA) is 38.9 Å². The van der Waals surface area contributed by atoms with Crippen molar-refractivity contribution in [2.24, 2.45) is 5.73 Å². The molecule has 1 aromatic carbocycles. The molecular weight excluding hydrogens is 276 g/mol. The molecular formula is C15H17ClN2S. The van der Waals surface area contributed by atoms with Crippen LogP contribution < -0.4 is 5.73 Å². The average Bonchev–Trinajstić information content (AvgIpc) is 2.32. The molecule has 0 spiro atoms. The van der Waals surface area contributed by atoms with Gasteiger partial charge in [-0.3, -0.25) is 0 Å². The summed E-state index contributed by atoms with van der Waals surface area (Å²) in [5, 5.41) is 1.76. The van der Waals surface area contributed by atoms with E-state index in [9.17, 15) is 0 Å². The third-order valence-electron chi connectivity index (χ3n) is 2.66. The van der Waals surface area contributed by atoms with Gasteiger partial charge in [-0.2, -0.15) is 0 Å². The number of hydrogen-bond acceptors (Lipinski definition) is 3. The molecule has 100 valence electrons. The van der Waals surface area contributed by atoms with Crippen LogP contribution in [0.15, 0.2) is 46.5 Å². The number of nitrogens with zero attached hydrogens (tertiary/aromatic N) is 1. The van der Waals surface area contributed by atoms with E-state index in [2.05, 4.69) is 18.0 Å². The Kier molecular flexibility index (Phi) is 4.86. The monoisotopic (exact) mass is 292 g/mol. The predicted molar refractivity (Wildman–Crippen MR) is 81.9 cm³/mol. The first-order valence-electron chi connectivity index (χ1n) is 6.19. The number of aromatic nitrogens is 1. The predicted octanol–water partition coefficient (Wildman–Crippen LogP) is 4.08. The second-order valence-corrected chi connectivity index (χ2v) is 6.21. The molecule has 1 unspecified atom stereocenters. The van der Waals surface area contributed by atoms with E-state index in [1.165, 1.54) is 11.1 Å². The van der Waals surface area contributed by atoms with Gasteiger partial charge in [0.25, 0.3) is 0 Å². The minimum atomic E-state index is 0.160. The van der Waals surface area contributed by atoms with E-state index in [0.717, 1.165) is 21.4 Å². The van der Waals surface area contributed by atoms with Crippen LogP contribution in [0.25, 0.3) is 0 Å². The van der Waals surface area contributed by atoms with Crippen molar-refractivity contribution in [1.82, 2.24) is 4.98 Å². The molecule has 0 saturated carbocycles. The second kappa shape index (κ2) is 6.42. The summed E-state index contributed by atoms with van der Waals surface area (Å²) in [6, 6.07) is 10.1. The minimum Gasteiger partial charge on any atom is -0.328 e. The SMILES string of the molecule is Cc1cc(CC(C)N)cnc1Sc1cccc(Cl)c1. The van der Waals surface area contributed by atoms with Gasteiger partial charge in [0.15, 0.2) is 0 Å². The number of benzene rings is 1. The molecule has 0 fully saturated rings. The molecule has 2 N–H and O–H groups in total. The Morgan fingerprint density at radius 2 is 2.16 bits per heavy atom. The fourth-order valence-electron chi connectivity index (χ4n) is 1.85. The second-order valence-electron chi connectivity index (χ2n) is 4.71. The highest BCUT2D eigenvalue weighted by atomic mass is 35.5. The third kappa shape index (κ3) is 4.23. The van der Waals surface area contributed by atoms with Gasteiger partial charge in [0.05, 0.1) is 0 Å². The molecule has 19 heavy (non-hydrogen) atoms. The van der Waals surface area contributed by atoms with E-state index in [4.69, 9.17) is 17.3 Å². The Balaban J connectivity index is 2.17. The molecule has 0 aliphatic heterocycles. The van der Waals surface area contributed by atoms with Crippen LogP contribution >= 0.6 is 23.4 Å². The Labute approximate surface area is 123 Å². The van der Waals surface area contributed by atoms with Crippen LogP contribution in [0.3, 0.4) is 0 Å². The Morgan fingerprint density at radius 1 is 1.37 bits per heavy atom. The van der Waals surface area contributed by atoms with Crippen LogP contribution in [0.4, 0.5) is 0 Å². The molecule has 0 radical (unpaired) electrons. The summed E-state index contributed by atoms with van der Waals surface area (Å²) in [5.74, 6) is 0. The van der Waals surface area contributed by atoms with E-state index >= 15 is 0 Å². The Morgan fingerprint density at radius 3 is 2.79 bits per heavy atom. The highest BCUT2D eigenvalue weighted by molar-refractivity contribution is 7.99. The lowest BCUT2D eigenvalue weighted by Gasteiger charge is -2.09. The maximum Gasteiger partial charge on any atom is 0.104 e. The zero-order valence-electron chi connectivity index (χ0n) is 11.1. The number of rotatable bonds is 4. The van der Waals surface area contributed by atoms with E-state index in [-0.39, 0.29) is 6.04 Å². The van der Waals surface area contributed by atoms with Crippen molar-refractivity contribution in [1.29, 1.82) is 0 Å². The summed E-state index contributed by atoms with van der Waals surface area (Å²) in [6.07, 6.45) is 2.76. The van der Waals surface area contributed by atoms with Crippen LogP contribution in [0.2, 0.25) is 5.02 Å². The van der Waals surface area contributed by atoms with Crippen molar-refractivity contribution < 1.29 is 0 Å². The minimum absolute atomic E-state index is 0.160. The smallest absolute Gasteiger partial charge is 0.104 e. The van der Waals surface area contributed by atoms with Gasteiger partial charge < -0.3 is 5.73 Å². The van der Waals surface area contributed by atoms with Crippen molar-refractivity contribution in [3.05, 3.63) is 52.7 Å². The number of pyridine rings is 1. The van der Waals surface area contributed by atoms with Crippen LogP contribution in [0.1, 0.15) is 18.1 Å². The van der Waals surface area contributed by atoms with Crippen LogP contribution in [0, 0.1) is 6.92 Å². The third-order valence-corrected chi connectivity index (χ3v) is 4.00.